The topological polar surface area (TPSA) is 30.0 Å². The number of aromatic nitrogens is 1. The van der Waals surface area contributed by atoms with E-state index in [1.54, 1.807) is 30.5 Å². The summed E-state index contributed by atoms with van der Waals surface area (Å²) in [5.74, 6) is -0.148. The van der Waals surface area contributed by atoms with Crippen LogP contribution < -0.4 is 0 Å². The molecule has 0 fully saturated rings. The molecule has 0 saturated heterocycles. The van der Waals surface area contributed by atoms with Gasteiger partial charge in [-0.05, 0) is 19.1 Å². The summed E-state index contributed by atoms with van der Waals surface area (Å²) in [4.78, 5) is 16.0. The third kappa shape index (κ3) is 2.12. The van der Waals surface area contributed by atoms with E-state index in [2.05, 4.69) is 4.98 Å². The van der Waals surface area contributed by atoms with E-state index in [1.165, 1.54) is 0 Å². The summed E-state index contributed by atoms with van der Waals surface area (Å²) < 4.78 is 0. The first-order valence-corrected chi connectivity index (χ1v) is 5.28. The molecule has 0 bridgehead atoms. The van der Waals surface area contributed by atoms with Gasteiger partial charge < -0.3 is 0 Å². The van der Waals surface area contributed by atoms with Crippen LogP contribution >= 0.6 is 11.6 Å². The minimum atomic E-state index is -0.148. The molecule has 2 aromatic rings. The molecule has 80 valence electrons. The van der Waals surface area contributed by atoms with Gasteiger partial charge in [0.25, 0.3) is 0 Å². The lowest BCUT2D eigenvalue weighted by molar-refractivity contribution is 0.103. The highest BCUT2D eigenvalue weighted by atomic mass is 35.5. The van der Waals surface area contributed by atoms with Crippen molar-refractivity contribution in [3.63, 3.8) is 0 Å². The Hall–Kier alpha value is -1.67. The van der Waals surface area contributed by atoms with Crippen molar-refractivity contribution in [2.75, 3.05) is 0 Å². The van der Waals surface area contributed by atoms with Crippen LogP contribution in [0.25, 0.3) is 0 Å². The van der Waals surface area contributed by atoms with Gasteiger partial charge >= 0.3 is 0 Å². The third-order valence-electron chi connectivity index (χ3n) is 2.29. The van der Waals surface area contributed by atoms with Crippen molar-refractivity contribution in [1.82, 2.24) is 4.98 Å². The predicted molar refractivity (Wildman–Crippen MR) is 63.9 cm³/mol. The lowest BCUT2D eigenvalue weighted by Crippen LogP contribution is -2.04. The number of aryl methyl sites for hydroxylation is 1. The van der Waals surface area contributed by atoms with Crippen molar-refractivity contribution in [3.8, 4) is 0 Å². The molecule has 0 unspecified atom stereocenters. The van der Waals surface area contributed by atoms with Gasteiger partial charge in [-0.25, -0.2) is 0 Å². The molecule has 0 atom stereocenters. The first-order chi connectivity index (χ1) is 7.68. The monoisotopic (exact) mass is 231 g/mol. The summed E-state index contributed by atoms with van der Waals surface area (Å²) in [6, 6.07) is 10.7. The van der Waals surface area contributed by atoms with Crippen LogP contribution in [0.3, 0.4) is 0 Å². The van der Waals surface area contributed by atoms with Gasteiger partial charge in [-0.3, -0.25) is 9.78 Å². The Morgan fingerprint density at radius 2 is 1.88 bits per heavy atom. The zero-order chi connectivity index (χ0) is 11.5. The number of carbonyl (C=O) groups excluding carboxylic acids is 1. The molecule has 0 aliphatic heterocycles. The van der Waals surface area contributed by atoms with Crippen LogP contribution in [0.2, 0.25) is 5.02 Å². The second kappa shape index (κ2) is 4.45. The van der Waals surface area contributed by atoms with Gasteiger partial charge in [0.1, 0.15) is 5.69 Å². The normalized spacial score (nSPS) is 10.1. The number of ketones is 1. The van der Waals surface area contributed by atoms with Crippen LogP contribution in [0.1, 0.15) is 21.6 Å². The van der Waals surface area contributed by atoms with Crippen LogP contribution in [-0.2, 0) is 0 Å². The number of carbonyl (C=O) groups is 1. The maximum atomic E-state index is 12.0. The van der Waals surface area contributed by atoms with E-state index < -0.39 is 0 Å². The first-order valence-electron chi connectivity index (χ1n) is 4.90. The molecule has 3 heteroatoms. The average Bonchev–Trinajstić information content (AvgIpc) is 2.30. The summed E-state index contributed by atoms with van der Waals surface area (Å²) >= 11 is 5.92. The number of nitrogens with zero attached hydrogens (tertiary/aromatic N) is 1. The Balaban J connectivity index is 2.40. The fraction of sp³-hybridized carbons (Fsp3) is 0.0769. The largest absolute Gasteiger partial charge is 0.287 e. The molecular formula is C13H10ClNO. The van der Waals surface area contributed by atoms with E-state index in [4.69, 9.17) is 11.6 Å². The first kappa shape index (κ1) is 10.8. The van der Waals surface area contributed by atoms with Crippen LogP contribution in [0.4, 0.5) is 0 Å². The summed E-state index contributed by atoms with van der Waals surface area (Å²) in [6.07, 6.45) is 1.56. The van der Waals surface area contributed by atoms with Gasteiger partial charge in [0.05, 0.1) is 5.02 Å². The summed E-state index contributed by atoms with van der Waals surface area (Å²) in [5.41, 5.74) is 2.02. The summed E-state index contributed by atoms with van der Waals surface area (Å²) in [6.45, 7) is 1.97. The highest BCUT2D eigenvalue weighted by molar-refractivity contribution is 6.34. The molecule has 1 aromatic heterocycles. The van der Waals surface area contributed by atoms with Gasteiger partial charge in [-0.15, -0.1) is 0 Å². The lowest BCUT2D eigenvalue weighted by Gasteiger charge is -2.02. The molecule has 16 heavy (non-hydrogen) atoms. The number of halogens is 1. The predicted octanol–water partition coefficient (Wildman–Crippen LogP) is 3.27. The van der Waals surface area contributed by atoms with Gasteiger partial charge in [-0.2, -0.15) is 0 Å². The highest BCUT2D eigenvalue weighted by Gasteiger charge is 2.13. The Kier molecular flexibility index (Phi) is 3.02. The molecule has 2 rings (SSSR count). The lowest BCUT2D eigenvalue weighted by atomic mass is 10.1. The van der Waals surface area contributed by atoms with E-state index in [-0.39, 0.29) is 5.78 Å². The molecule has 0 radical (unpaired) electrons. The minimum absolute atomic E-state index is 0.148. The SMILES string of the molecule is Cc1ccc(C(=O)c2ncccc2Cl)cc1. The Labute approximate surface area is 98.9 Å². The molecule has 1 aromatic carbocycles. The van der Waals surface area contributed by atoms with Gasteiger partial charge in [0.15, 0.2) is 0 Å². The summed E-state index contributed by atoms with van der Waals surface area (Å²) in [5, 5.41) is 0.382. The smallest absolute Gasteiger partial charge is 0.212 e. The Bertz CT molecular complexity index is 520. The molecule has 0 spiro atoms. The molecule has 0 amide bonds. The van der Waals surface area contributed by atoms with Crippen molar-refractivity contribution in [1.29, 1.82) is 0 Å². The molecule has 0 aliphatic carbocycles. The number of rotatable bonds is 2. The average molecular weight is 232 g/mol. The van der Waals surface area contributed by atoms with Crippen molar-refractivity contribution in [3.05, 3.63) is 64.4 Å². The molecule has 2 nitrogen and oxygen atoms in total. The van der Waals surface area contributed by atoms with Gasteiger partial charge in [-0.1, -0.05) is 41.4 Å². The molecule has 0 N–H and O–H groups in total. The number of pyridine rings is 1. The van der Waals surface area contributed by atoms with E-state index in [1.807, 2.05) is 19.1 Å². The zero-order valence-corrected chi connectivity index (χ0v) is 9.53. The fourth-order valence-corrected chi connectivity index (χ4v) is 1.60. The van der Waals surface area contributed by atoms with Crippen molar-refractivity contribution in [2.24, 2.45) is 0 Å². The minimum Gasteiger partial charge on any atom is -0.287 e. The van der Waals surface area contributed by atoms with Crippen LogP contribution in [-0.4, -0.2) is 10.8 Å². The molecule has 0 aliphatic rings. The highest BCUT2D eigenvalue weighted by Crippen LogP contribution is 2.16. The Morgan fingerprint density at radius 3 is 2.50 bits per heavy atom. The second-order valence-electron chi connectivity index (χ2n) is 3.53. The third-order valence-corrected chi connectivity index (χ3v) is 2.59. The Morgan fingerprint density at radius 1 is 1.19 bits per heavy atom. The number of hydrogen-bond donors (Lipinski definition) is 0. The van der Waals surface area contributed by atoms with Crippen molar-refractivity contribution in [2.45, 2.75) is 6.92 Å². The van der Waals surface area contributed by atoms with Crippen molar-refractivity contribution < 1.29 is 4.79 Å². The van der Waals surface area contributed by atoms with E-state index in [9.17, 15) is 4.79 Å². The zero-order valence-electron chi connectivity index (χ0n) is 8.77. The van der Waals surface area contributed by atoms with Crippen LogP contribution in [0, 0.1) is 6.92 Å². The van der Waals surface area contributed by atoms with E-state index in [0.717, 1.165) is 5.56 Å². The van der Waals surface area contributed by atoms with E-state index in [0.29, 0.717) is 16.3 Å². The maximum absolute atomic E-state index is 12.0. The van der Waals surface area contributed by atoms with Crippen molar-refractivity contribution >= 4 is 17.4 Å². The standard InChI is InChI=1S/C13H10ClNO/c1-9-4-6-10(7-5-9)13(16)12-11(14)3-2-8-15-12/h2-8H,1H3. The van der Waals surface area contributed by atoms with Gasteiger partial charge in [0, 0.05) is 11.8 Å². The number of benzene rings is 1. The maximum Gasteiger partial charge on any atom is 0.212 e. The van der Waals surface area contributed by atoms with Gasteiger partial charge in [0.2, 0.25) is 5.78 Å². The molecular weight excluding hydrogens is 222 g/mol. The number of hydrogen-bond acceptors (Lipinski definition) is 2. The van der Waals surface area contributed by atoms with Crippen LogP contribution in [0.5, 0.6) is 0 Å². The van der Waals surface area contributed by atoms with Crippen LogP contribution in [0.15, 0.2) is 42.6 Å². The summed E-state index contributed by atoms with van der Waals surface area (Å²) in [7, 11) is 0. The molecule has 0 saturated carbocycles. The molecule has 1 heterocycles. The second-order valence-corrected chi connectivity index (χ2v) is 3.94. The quantitative estimate of drug-likeness (QED) is 0.743. The van der Waals surface area contributed by atoms with E-state index >= 15 is 0 Å². The fourth-order valence-electron chi connectivity index (χ4n) is 1.39.